The van der Waals surface area contributed by atoms with Crippen molar-refractivity contribution in [3.63, 3.8) is 0 Å². The number of guanidine groups is 1. The number of aromatic nitrogens is 1. The number of ether oxygens (including phenoxy) is 1. The summed E-state index contributed by atoms with van der Waals surface area (Å²) in [6.07, 6.45) is 3.32. The van der Waals surface area contributed by atoms with E-state index in [1.54, 1.807) is 11.1 Å². The first-order valence-electron chi connectivity index (χ1n) is 9.62. The van der Waals surface area contributed by atoms with Gasteiger partial charge in [0.25, 0.3) is 0 Å². The van der Waals surface area contributed by atoms with E-state index in [0.717, 1.165) is 36.7 Å². The maximum Gasteiger partial charge on any atom is 0.409 e. The highest BCUT2D eigenvalue weighted by Crippen LogP contribution is 2.15. The Morgan fingerprint density at radius 2 is 2.07 bits per heavy atom. The largest absolute Gasteiger partial charge is 0.450 e. The number of carbonyl (C=O) groups excluding carboxylic acids is 1. The van der Waals surface area contributed by atoms with Crippen LogP contribution in [0.15, 0.2) is 23.3 Å². The SMILES string of the molecule is CCNC(=NCc1cccnc1N(C)C)NC1CCN(C(=O)OCC)CC1.I. The van der Waals surface area contributed by atoms with Crippen LogP contribution in [-0.2, 0) is 11.3 Å². The second kappa shape index (κ2) is 12.6. The molecule has 2 rings (SSSR count). The molecule has 1 fully saturated rings. The second-order valence-electron chi connectivity index (χ2n) is 6.68. The van der Waals surface area contributed by atoms with Crippen LogP contribution in [0.25, 0.3) is 0 Å². The maximum absolute atomic E-state index is 11.8. The number of anilines is 1. The third-order valence-corrected chi connectivity index (χ3v) is 4.40. The Balaban J connectivity index is 0.00000392. The van der Waals surface area contributed by atoms with Gasteiger partial charge in [-0.3, -0.25) is 0 Å². The summed E-state index contributed by atoms with van der Waals surface area (Å²) in [5.74, 6) is 1.72. The van der Waals surface area contributed by atoms with E-state index < -0.39 is 0 Å². The highest BCUT2D eigenvalue weighted by atomic mass is 127. The lowest BCUT2D eigenvalue weighted by molar-refractivity contribution is 0.0963. The number of carbonyl (C=O) groups is 1. The minimum absolute atomic E-state index is 0. The lowest BCUT2D eigenvalue weighted by atomic mass is 10.1. The molecule has 1 aliphatic heterocycles. The van der Waals surface area contributed by atoms with Crippen LogP contribution in [0.3, 0.4) is 0 Å². The van der Waals surface area contributed by atoms with Gasteiger partial charge in [-0.25, -0.2) is 14.8 Å². The van der Waals surface area contributed by atoms with Crippen LogP contribution in [0.2, 0.25) is 0 Å². The van der Waals surface area contributed by atoms with E-state index in [2.05, 4.69) is 22.5 Å². The average molecular weight is 504 g/mol. The molecule has 1 aromatic heterocycles. The summed E-state index contributed by atoms with van der Waals surface area (Å²) < 4.78 is 5.07. The van der Waals surface area contributed by atoms with Crippen LogP contribution in [0.4, 0.5) is 10.6 Å². The van der Waals surface area contributed by atoms with E-state index in [-0.39, 0.29) is 36.1 Å². The predicted octanol–water partition coefficient (Wildman–Crippen LogP) is 2.44. The lowest BCUT2D eigenvalue weighted by Gasteiger charge is -2.32. The lowest BCUT2D eigenvalue weighted by Crippen LogP contribution is -2.49. The van der Waals surface area contributed by atoms with Crippen molar-refractivity contribution in [3.05, 3.63) is 23.9 Å². The second-order valence-corrected chi connectivity index (χ2v) is 6.68. The molecule has 8 nitrogen and oxygen atoms in total. The van der Waals surface area contributed by atoms with E-state index >= 15 is 0 Å². The molecule has 0 unspecified atom stereocenters. The van der Waals surface area contributed by atoms with Crippen molar-refractivity contribution in [3.8, 4) is 0 Å². The first-order chi connectivity index (χ1) is 13.0. The number of aliphatic imine (C=N–C) groups is 1. The topological polar surface area (TPSA) is 82.1 Å². The van der Waals surface area contributed by atoms with Gasteiger partial charge in [-0.05, 0) is 32.8 Å². The number of amides is 1. The molecule has 1 aromatic rings. The van der Waals surface area contributed by atoms with E-state index in [9.17, 15) is 4.79 Å². The van der Waals surface area contributed by atoms with Crippen molar-refractivity contribution in [1.29, 1.82) is 0 Å². The molecular formula is C19H33IN6O2. The Hall–Kier alpha value is -1.78. The number of hydrogen-bond acceptors (Lipinski definition) is 5. The first-order valence-corrected chi connectivity index (χ1v) is 9.62. The average Bonchev–Trinajstić information content (AvgIpc) is 2.67. The summed E-state index contributed by atoms with van der Waals surface area (Å²) in [6.45, 7) is 7.04. The number of pyridine rings is 1. The quantitative estimate of drug-likeness (QED) is 0.352. The summed E-state index contributed by atoms with van der Waals surface area (Å²) in [5, 5.41) is 6.80. The molecular weight excluding hydrogens is 471 g/mol. The number of hydrogen-bond donors (Lipinski definition) is 2. The van der Waals surface area contributed by atoms with Crippen LogP contribution in [0.1, 0.15) is 32.3 Å². The van der Waals surface area contributed by atoms with Gasteiger partial charge in [0, 0.05) is 51.5 Å². The number of halogens is 1. The third kappa shape index (κ3) is 7.33. The Morgan fingerprint density at radius 1 is 1.36 bits per heavy atom. The normalized spacial score (nSPS) is 14.9. The van der Waals surface area contributed by atoms with Crippen molar-refractivity contribution >= 4 is 41.8 Å². The van der Waals surface area contributed by atoms with Gasteiger partial charge in [0.05, 0.1) is 13.2 Å². The molecule has 1 aliphatic rings. The molecule has 28 heavy (non-hydrogen) atoms. The number of nitrogens with zero attached hydrogens (tertiary/aromatic N) is 4. The highest BCUT2D eigenvalue weighted by Gasteiger charge is 2.24. The molecule has 2 N–H and O–H groups in total. The molecule has 0 saturated carbocycles. The summed E-state index contributed by atoms with van der Waals surface area (Å²) in [5.41, 5.74) is 1.08. The first kappa shape index (κ1) is 24.3. The molecule has 0 bridgehead atoms. The van der Waals surface area contributed by atoms with Crippen molar-refractivity contribution in [2.45, 2.75) is 39.3 Å². The molecule has 0 aliphatic carbocycles. The minimum Gasteiger partial charge on any atom is -0.450 e. The van der Waals surface area contributed by atoms with Gasteiger partial charge < -0.3 is 25.2 Å². The van der Waals surface area contributed by atoms with E-state index in [1.807, 2.05) is 38.1 Å². The molecule has 2 heterocycles. The number of likely N-dealkylation sites (tertiary alicyclic amines) is 1. The van der Waals surface area contributed by atoms with Crippen molar-refractivity contribution in [1.82, 2.24) is 20.5 Å². The number of nitrogens with one attached hydrogen (secondary N) is 2. The molecule has 0 atom stereocenters. The van der Waals surface area contributed by atoms with Gasteiger partial charge >= 0.3 is 6.09 Å². The zero-order valence-electron chi connectivity index (χ0n) is 17.3. The summed E-state index contributed by atoms with van der Waals surface area (Å²) >= 11 is 0. The van der Waals surface area contributed by atoms with Crippen LogP contribution >= 0.6 is 24.0 Å². The van der Waals surface area contributed by atoms with Gasteiger partial charge in [-0.1, -0.05) is 6.07 Å². The van der Waals surface area contributed by atoms with Gasteiger partial charge in [0.2, 0.25) is 0 Å². The Kier molecular flexibility index (Phi) is 10.9. The molecule has 158 valence electrons. The zero-order valence-corrected chi connectivity index (χ0v) is 19.6. The summed E-state index contributed by atoms with van der Waals surface area (Å²) in [4.78, 5) is 24.7. The number of piperidine rings is 1. The van der Waals surface area contributed by atoms with Gasteiger partial charge in [-0.2, -0.15) is 0 Å². The smallest absolute Gasteiger partial charge is 0.409 e. The zero-order chi connectivity index (χ0) is 19.6. The minimum atomic E-state index is -0.218. The fraction of sp³-hybridized carbons (Fsp3) is 0.632. The maximum atomic E-state index is 11.8. The van der Waals surface area contributed by atoms with Crippen LogP contribution in [-0.4, -0.2) is 68.3 Å². The fourth-order valence-corrected chi connectivity index (χ4v) is 3.06. The monoisotopic (exact) mass is 504 g/mol. The molecule has 1 saturated heterocycles. The third-order valence-electron chi connectivity index (χ3n) is 4.40. The molecule has 0 radical (unpaired) electrons. The molecule has 0 spiro atoms. The predicted molar refractivity (Wildman–Crippen MR) is 124 cm³/mol. The summed E-state index contributed by atoms with van der Waals surface area (Å²) in [6, 6.07) is 4.27. The Labute approximate surface area is 185 Å². The number of rotatable bonds is 6. The van der Waals surface area contributed by atoms with Crippen LogP contribution in [0, 0.1) is 0 Å². The fourth-order valence-electron chi connectivity index (χ4n) is 3.06. The molecule has 1 amide bonds. The van der Waals surface area contributed by atoms with Crippen molar-refractivity contribution in [2.75, 3.05) is 45.2 Å². The molecule has 0 aromatic carbocycles. The van der Waals surface area contributed by atoms with Crippen molar-refractivity contribution < 1.29 is 9.53 Å². The van der Waals surface area contributed by atoms with E-state index in [4.69, 9.17) is 9.73 Å². The van der Waals surface area contributed by atoms with E-state index in [0.29, 0.717) is 26.2 Å². The standard InChI is InChI=1S/C19H32N6O2.HI/c1-5-20-18(22-14-15-8-7-11-21-17(15)24(3)4)23-16-9-12-25(13-10-16)19(26)27-6-2;/h7-8,11,16H,5-6,9-10,12-14H2,1-4H3,(H2,20,22,23);1H. The van der Waals surface area contributed by atoms with Gasteiger partial charge in [0.15, 0.2) is 5.96 Å². The van der Waals surface area contributed by atoms with Crippen LogP contribution < -0.4 is 15.5 Å². The highest BCUT2D eigenvalue weighted by molar-refractivity contribution is 14.0. The Morgan fingerprint density at radius 3 is 2.68 bits per heavy atom. The van der Waals surface area contributed by atoms with E-state index in [1.165, 1.54) is 0 Å². The van der Waals surface area contributed by atoms with Crippen LogP contribution in [0.5, 0.6) is 0 Å². The molecule has 9 heteroatoms. The summed E-state index contributed by atoms with van der Waals surface area (Å²) in [7, 11) is 3.96. The Bertz CT molecular complexity index is 633. The van der Waals surface area contributed by atoms with Gasteiger partial charge in [0.1, 0.15) is 5.82 Å². The van der Waals surface area contributed by atoms with Gasteiger partial charge in [-0.15, -0.1) is 24.0 Å². The van der Waals surface area contributed by atoms with Crippen molar-refractivity contribution in [2.24, 2.45) is 4.99 Å².